The van der Waals surface area contributed by atoms with Gasteiger partial charge in [-0.2, -0.15) is 0 Å². The summed E-state index contributed by atoms with van der Waals surface area (Å²) in [5.41, 5.74) is 6.90. The highest BCUT2D eigenvalue weighted by Crippen LogP contribution is 2.47. The predicted octanol–water partition coefficient (Wildman–Crippen LogP) is 12.5. The van der Waals surface area contributed by atoms with E-state index >= 15 is 0 Å². The van der Waals surface area contributed by atoms with Crippen LogP contribution < -0.4 is 0 Å². The summed E-state index contributed by atoms with van der Waals surface area (Å²) in [6.07, 6.45) is 0. The molecule has 0 aliphatic carbocycles. The Morgan fingerprint density at radius 2 is 0.843 bits per heavy atom. The van der Waals surface area contributed by atoms with Crippen molar-refractivity contribution in [3.8, 4) is 45.3 Å². The molecule has 9 aromatic carbocycles. The maximum absolute atomic E-state index is 6.74. The molecule has 236 valence electrons. The third-order valence-corrected chi connectivity index (χ3v) is 10.2. The molecule has 0 spiro atoms. The Hall–Kier alpha value is -6.91. The highest BCUT2D eigenvalue weighted by molar-refractivity contribution is 6.38. The van der Waals surface area contributed by atoms with Gasteiger partial charge in [-0.1, -0.05) is 140 Å². The molecule has 0 saturated heterocycles. The first-order chi connectivity index (χ1) is 25.3. The number of fused-ring (bicyclic) bond motifs is 6. The molecule has 0 aliphatic rings. The zero-order chi connectivity index (χ0) is 33.5. The molecule has 0 saturated carbocycles. The summed E-state index contributed by atoms with van der Waals surface area (Å²) in [6.45, 7) is 0. The van der Waals surface area contributed by atoms with Gasteiger partial charge in [0, 0.05) is 32.8 Å². The van der Waals surface area contributed by atoms with E-state index in [-0.39, 0.29) is 0 Å². The van der Waals surface area contributed by atoms with Gasteiger partial charge < -0.3 is 4.42 Å². The van der Waals surface area contributed by atoms with E-state index in [2.05, 4.69) is 103 Å². The summed E-state index contributed by atoms with van der Waals surface area (Å²) < 4.78 is 6.74. The van der Waals surface area contributed by atoms with Crippen LogP contribution in [0.3, 0.4) is 0 Å². The molecular weight excluding hydrogens is 623 g/mol. The number of benzene rings is 9. The lowest BCUT2D eigenvalue weighted by Crippen LogP contribution is -2.00. The van der Waals surface area contributed by atoms with Crippen molar-refractivity contribution in [2.24, 2.45) is 0 Å². The van der Waals surface area contributed by atoms with E-state index in [4.69, 9.17) is 19.4 Å². The molecule has 0 radical (unpaired) electrons. The van der Waals surface area contributed by atoms with Gasteiger partial charge in [0.2, 0.25) is 0 Å². The van der Waals surface area contributed by atoms with E-state index in [1.165, 1.54) is 43.1 Å². The second kappa shape index (κ2) is 10.8. The van der Waals surface area contributed by atoms with Crippen molar-refractivity contribution in [1.29, 1.82) is 0 Å². The second-order valence-corrected chi connectivity index (χ2v) is 13.1. The summed E-state index contributed by atoms with van der Waals surface area (Å²) in [6, 6.07) is 57.3. The van der Waals surface area contributed by atoms with Crippen LogP contribution in [0.15, 0.2) is 168 Å². The summed E-state index contributed by atoms with van der Waals surface area (Å²) in [5.74, 6) is 1.93. The Balaban J connectivity index is 1.16. The fourth-order valence-corrected chi connectivity index (χ4v) is 7.98. The van der Waals surface area contributed by atoms with E-state index in [1.807, 2.05) is 60.7 Å². The lowest BCUT2D eigenvalue weighted by atomic mass is 9.88. The number of aromatic nitrogens is 3. The predicted molar refractivity (Wildman–Crippen MR) is 210 cm³/mol. The average molecular weight is 650 g/mol. The minimum atomic E-state index is 0.641. The Morgan fingerprint density at radius 3 is 1.55 bits per heavy atom. The van der Waals surface area contributed by atoms with E-state index in [0.29, 0.717) is 17.5 Å². The van der Waals surface area contributed by atoms with E-state index in [1.54, 1.807) is 0 Å². The normalized spacial score (nSPS) is 11.9. The average Bonchev–Trinajstić information content (AvgIpc) is 3.57. The van der Waals surface area contributed by atoms with E-state index < -0.39 is 0 Å². The molecule has 0 bridgehead atoms. The summed E-state index contributed by atoms with van der Waals surface area (Å²) in [4.78, 5) is 15.0. The molecule has 0 atom stereocenters. The van der Waals surface area contributed by atoms with Gasteiger partial charge in [-0.25, -0.2) is 15.0 Å². The van der Waals surface area contributed by atoms with Gasteiger partial charge in [-0.15, -0.1) is 0 Å². The molecular formula is C47H27N3O. The smallest absolute Gasteiger partial charge is 0.164 e. The van der Waals surface area contributed by atoms with Gasteiger partial charge in [0.25, 0.3) is 0 Å². The van der Waals surface area contributed by atoms with Gasteiger partial charge in [-0.3, -0.25) is 0 Å². The molecule has 0 aliphatic heterocycles. The second-order valence-electron chi connectivity index (χ2n) is 13.1. The van der Waals surface area contributed by atoms with Gasteiger partial charge in [0.1, 0.15) is 11.2 Å². The third kappa shape index (κ3) is 4.23. The standard InChI is InChI=1S/C47H27N3O/c1-3-13-28(14-4-1)45-48-46(29-15-5-2-6-16-29)50-47(49-45)38-24-23-32(34-19-9-10-20-35(34)38)31-25-39-36-21-11-12-22-37(36)42-33-18-8-7-17-30(33)26-41-44(42)43(39)40(27-31)51-41/h1-27H. The van der Waals surface area contributed by atoms with E-state index in [9.17, 15) is 0 Å². The van der Waals surface area contributed by atoms with Crippen LogP contribution in [0.2, 0.25) is 0 Å². The Bertz CT molecular complexity index is 3070. The molecule has 0 N–H and O–H groups in total. The summed E-state index contributed by atoms with van der Waals surface area (Å²) in [7, 11) is 0. The quantitative estimate of drug-likeness (QED) is 0.178. The molecule has 0 unspecified atom stereocenters. The molecule has 0 amide bonds. The number of rotatable bonds is 4. The molecule has 51 heavy (non-hydrogen) atoms. The lowest BCUT2D eigenvalue weighted by molar-refractivity contribution is 0.670. The first kappa shape index (κ1) is 28.0. The molecule has 4 nitrogen and oxygen atoms in total. The van der Waals surface area contributed by atoms with Crippen molar-refractivity contribution in [3.05, 3.63) is 164 Å². The number of hydrogen-bond acceptors (Lipinski definition) is 4. The van der Waals surface area contributed by atoms with Crippen molar-refractivity contribution in [3.63, 3.8) is 0 Å². The fraction of sp³-hybridized carbons (Fsp3) is 0. The summed E-state index contributed by atoms with van der Waals surface area (Å²) in [5, 5.41) is 11.9. The fourth-order valence-electron chi connectivity index (χ4n) is 7.98. The highest BCUT2D eigenvalue weighted by atomic mass is 16.3. The zero-order valence-electron chi connectivity index (χ0n) is 27.3. The van der Waals surface area contributed by atoms with E-state index in [0.717, 1.165) is 49.8 Å². The Kier molecular flexibility index (Phi) is 5.92. The molecule has 11 aromatic rings. The monoisotopic (exact) mass is 649 g/mol. The van der Waals surface area contributed by atoms with Crippen LogP contribution in [0.4, 0.5) is 0 Å². The number of furan rings is 1. The van der Waals surface area contributed by atoms with Crippen molar-refractivity contribution in [2.45, 2.75) is 0 Å². The van der Waals surface area contributed by atoms with Crippen molar-refractivity contribution < 1.29 is 4.42 Å². The first-order valence-corrected chi connectivity index (χ1v) is 17.2. The van der Waals surface area contributed by atoms with Crippen LogP contribution >= 0.6 is 0 Å². The van der Waals surface area contributed by atoms with Crippen LogP contribution in [-0.2, 0) is 0 Å². The van der Waals surface area contributed by atoms with Gasteiger partial charge in [0.05, 0.1) is 0 Å². The SMILES string of the molecule is c1ccc(-c2nc(-c3ccccc3)nc(-c3ccc(-c4cc5oc6cc7ccccc7c7c8ccccc8c(c4)c5c67)c4ccccc34)n2)cc1. The van der Waals surface area contributed by atoms with Gasteiger partial charge in [0.15, 0.2) is 17.5 Å². The summed E-state index contributed by atoms with van der Waals surface area (Å²) >= 11 is 0. The first-order valence-electron chi connectivity index (χ1n) is 17.2. The van der Waals surface area contributed by atoms with Crippen LogP contribution in [0.1, 0.15) is 0 Å². The van der Waals surface area contributed by atoms with Crippen LogP contribution in [0, 0.1) is 0 Å². The zero-order valence-corrected chi connectivity index (χ0v) is 27.3. The largest absolute Gasteiger partial charge is 0.456 e. The van der Waals surface area contributed by atoms with Gasteiger partial charge >= 0.3 is 0 Å². The minimum Gasteiger partial charge on any atom is -0.456 e. The number of nitrogens with zero attached hydrogens (tertiary/aromatic N) is 3. The van der Waals surface area contributed by atoms with Crippen molar-refractivity contribution in [1.82, 2.24) is 15.0 Å². The Morgan fingerprint density at radius 1 is 0.314 bits per heavy atom. The van der Waals surface area contributed by atoms with Crippen LogP contribution in [0.5, 0.6) is 0 Å². The maximum atomic E-state index is 6.74. The topological polar surface area (TPSA) is 51.8 Å². The molecule has 4 heteroatoms. The van der Waals surface area contributed by atoms with Gasteiger partial charge in [-0.05, 0) is 73.1 Å². The van der Waals surface area contributed by atoms with Crippen LogP contribution in [0.25, 0.3) is 110 Å². The Labute approximate surface area is 292 Å². The lowest BCUT2D eigenvalue weighted by Gasteiger charge is -2.14. The molecule has 0 fully saturated rings. The maximum Gasteiger partial charge on any atom is 0.164 e. The molecule has 2 heterocycles. The highest BCUT2D eigenvalue weighted by Gasteiger charge is 2.22. The van der Waals surface area contributed by atoms with Crippen molar-refractivity contribution in [2.75, 3.05) is 0 Å². The number of hydrogen-bond donors (Lipinski definition) is 0. The molecule has 11 rings (SSSR count). The van der Waals surface area contributed by atoms with Crippen LogP contribution in [-0.4, -0.2) is 15.0 Å². The minimum absolute atomic E-state index is 0.641. The van der Waals surface area contributed by atoms with Crippen molar-refractivity contribution >= 4 is 65.0 Å². The molecule has 2 aromatic heterocycles. The third-order valence-electron chi connectivity index (χ3n) is 10.2.